The number of rotatable bonds is 6. The molecule has 0 aliphatic carbocycles. The molecule has 2 heterocycles. The normalized spacial score (nSPS) is 26.2. The SMILES string of the molecule is O=C(C[C@@H]1CC[C@H](NS(=O)(=O)c2cccc(F)c2)[C@@H](CO)O1)N1CCCCC1. The third-order valence-corrected chi connectivity index (χ3v) is 6.81. The van der Waals surface area contributed by atoms with E-state index in [1.807, 2.05) is 4.90 Å². The van der Waals surface area contributed by atoms with Gasteiger partial charge in [-0.05, 0) is 50.3 Å². The molecule has 3 atom stereocenters. The number of nitrogens with one attached hydrogen (secondary N) is 1. The highest BCUT2D eigenvalue weighted by Crippen LogP contribution is 2.25. The van der Waals surface area contributed by atoms with Crippen LogP contribution in [0.5, 0.6) is 0 Å². The van der Waals surface area contributed by atoms with Gasteiger partial charge in [0.2, 0.25) is 15.9 Å². The number of hydrogen-bond acceptors (Lipinski definition) is 5. The number of aliphatic hydroxyl groups excluding tert-OH is 1. The fraction of sp³-hybridized carbons (Fsp3) is 0.632. The molecule has 0 unspecified atom stereocenters. The summed E-state index contributed by atoms with van der Waals surface area (Å²) in [5.41, 5.74) is 0. The molecule has 1 amide bonds. The molecular formula is C19H27FN2O5S. The molecule has 3 rings (SSSR count). The lowest BCUT2D eigenvalue weighted by molar-refractivity contribution is -0.140. The van der Waals surface area contributed by atoms with Crippen molar-refractivity contribution in [3.05, 3.63) is 30.1 Å². The number of amides is 1. The lowest BCUT2D eigenvalue weighted by atomic mass is 9.97. The van der Waals surface area contributed by atoms with Crippen LogP contribution in [0.4, 0.5) is 4.39 Å². The van der Waals surface area contributed by atoms with Gasteiger partial charge in [-0.3, -0.25) is 4.79 Å². The van der Waals surface area contributed by atoms with Crippen LogP contribution in [0.2, 0.25) is 0 Å². The van der Waals surface area contributed by atoms with Crippen LogP contribution in [0.25, 0.3) is 0 Å². The average Bonchev–Trinajstić information content (AvgIpc) is 2.69. The van der Waals surface area contributed by atoms with Gasteiger partial charge in [0.15, 0.2) is 0 Å². The number of carbonyl (C=O) groups is 1. The van der Waals surface area contributed by atoms with Crippen LogP contribution in [0.3, 0.4) is 0 Å². The van der Waals surface area contributed by atoms with Gasteiger partial charge < -0.3 is 14.7 Å². The number of benzene rings is 1. The highest BCUT2D eigenvalue weighted by Gasteiger charge is 2.35. The molecule has 2 aliphatic rings. The molecule has 0 spiro atoms. The molecule has 28 heavy (non-hydrogen) atoms. The summed E-state index contributed by atoms with van der Waals surface area (Å²) >= 11 is 0. The Hall–Kier alpha value is -1.55. The Morgan fingerprint density at radius 3 is 2.68 bits per heavy atom. The van der Waals surface area contributed by atoms with E-state index in [0.29, 0.717) is 12.8 Å². The van der Waals surface area contributed by atoms with Gasteiger partial charge in [0.1, 0.15) is 5.82 Å². The second kappa shape index (κ2) is 9.30. The minimum atomic E-state index is -3.94. The highest BCUT2D eigenvalue weighted by atomic mass is 32.2. The van der Waals surface area contributed by atoms with E-state index in [2.05, 4.69) is 4.72 Å². The van der Waals surface area contributed by atoms with Crippen molar-refractivity contribution < 1.29 is 27.4 Å². The van der Waals surface area contributed by atoms with Gasteiger partial charge in [0.25, 0.3) is 0 Å². The predicted molar refractivity (Wildman–Crippen MR) is 101 cm³/mol. The number of ether oxygens (including phenoxy) is 1. The topological polar surface area (TPSA) is 95.9 Å². The molecule has 1 aromatic rings. The Morgan fingerprint density at radius 1 is 1.25 bits per heavy atom. The van der Waals surface area contributed by atoms with E-state index in [4.69, 9.17) is 4.74 Å². The summed E-state index contributed by atoms with van der Waals surface area (Å²) in [6.07, 6.45) is 3.24. The average molecular weight is 414 g/mol. The maximum absolute atomic E-state index is 13.4. The summed E-state index contributed by atoms with van der Waals surface area (Å²) in [4.78, 5) is 14.1. The zero-order valence-electron chi connectivity index (χ0n) is 15.7. The van der Waals surface area contributed by atoms with Gasteiger partial charge >= 0.3 is 0 Å². The van der Waals surface area contributed by atoms with Crippen LogP contribution in [0, 0.1) is 5.82 Å². The zero-order chi connectivity index (χ0) is 20.1. The number of halogens is 1. The quantitative estimate of drug-likeness (QED) is 0.734. The van der Waals surface area contributed by atoms with Crippen molar-refractivity contribution >= 4 is 15.9 Å². The summed E-state index contributed by atoms with van der Waals surface area (Å²) in [5, 5.41) is 9.66. The molecule has 2 aliphatic heterocycles. The fourth-order valence-electron chi connectivity index (χ4n) is 3.79. The Morgan fingerprint density at radius 2 is 2.00 bits per heavy atom. The number of nitrogens with zero attached hydrogens (tertiary/aromatic N) is 1. The molecule has 0 radical (unpaired) electrons. The largest absolute Gasteiger partial charge is 0.394 e. The molecule has 2 N–H and O–H groups in total. The Labute approximate surface area is 164 Å². The highest BCUT2D eigenvalue weighted by molar-refractivity contribution is 7.89. The van der Waals surface area contributed by atoms with E-state index < -0.39 is 28.0 Å². The number of aliphatic hydroxyl groups is 1. The van der Waals surface area contributed by atoms with E-state index in [9.17, 15) is 22.7 Å². The molecule has 7 nitrogen and oxygen atoms in total. The zero-order valence-corrected chi connectivity index (χ0v) is 16.5. The van der Waals surface area contributed by atoms with Crippen molar-refractivity contribution in [2.24, 2.45) is 0 Å². The second-order valence-corrected chi connectivity index (χ2v) is 9.10. The van der Waals surface area contributed by atoms with E-state index in [0.717, 1.165) is 38.4 Å². The number of hydrogen-bond donors (Lipinski definition) is 2. The first kappa shape index (κ1) is 21.2. The smallest absolute Gasteiger partial charge is 0.241 e. The van der Waals surface area contributed by atoms with Crippen LogP contribution in [-0.2, 0) is 19.6 Å². The summed E-state index contributed by atoms with van der Waals surface area (Å²) in [5.74, 6) is -0.599. The van der Waals surface area contributed by atoms with Crippen molar-refractivity contribution in [1.29, 1.82) is 0 Å². The van der Waals surface area contributed by atoms with Crippen LogP contribution < -0.4 is 4.72 Å². The molecule has 2 saturated heterocycles. The van der Waals surface area contributed by atoms with Crippen molar-refractivity contribution in [2.75, 3.05) is 19.7 Å². The van der Waals surface area contributed by atoms with Crippen LogP contribution in [0.15, 0.2) is 29.2 Å². The molecule has 156 valence electrons. The first-order valence-electron chi connectivity index (χ1n) is 9.71. The first-order valence-corrected chi connectivity index (χ1v) is 11.2. The lowest BCUT2D eigenvalue weighted by Crippen LogP contribution is -2.51. The van der Waals surface area contributed by atoms with Crippen LogP contribution in [-0.4, -0.2) is 62.3 Å². The van der Waals surface area contributed by atoms with Gasteiger partial charge in [-0.1, -0.05) is 6.07 Å². The Kier molecular flexibility index (Phi) is 7.03. The van der Waals surface area contributed by atoms with Crippen molar-refractivity contribution in [1.82, 2.24) is 9.62 Å². The van der Waals surface area contributed by atoms with Gasteiger partial charge in [-0.25, -0.2) is 17.5 Å². The van der Waals surface area contributed by atoms with E-state index in [-0.39, 0.29) is 29.9 Å². The molecule has 1 aromatic carbocycles. The monoisotopic (exact) mass is 414 g/mol. The van der Waals surface area contributed by atoms with Crippen LogP contribution in [0.1, 0.15) is 38.5 Å². The lowest BCUT2D eigenvalue weighted by Gasteiger charge is -2.36. The van der Waals surface area contributed by atoms with Gasteiger partial charge in [0.05, 0.1) is 36.2 Å². The summed E-state index contributed by atoms with van der Waals surface area (Å²) in [6, 6.07) is 4.11. The summed E-state index contributed by atoms with van der Waals surface area (Å²) in [7, 11) is -3.94. The third kappa shape index (κ3) is 5.28. The van der Waals surface area contributed by atoms with Crippen molar-refractivity contribution in [2.45, 2.75) is 61.7 Å². The molecule has 2 fully saturated rings. The van der Waals surface area contributed by atoms with Gasteiger partial charge in [-0.15, -0.1) is 0 Å². The first-order chi connectivity index (χ1) is 13.4. The summed E-state index contributed by atoms with van der Waals surface area (Å²) in [6.45, 7) is 1.17. The van der Waals surface area contributed by atoms with Crippen LogP contribution >= 0.6 is 0 Å². The van der Waals surface area contributed by atoms with Gasteiger partial charge in [-0.2, -0.15) is 0 Å². The van der Waals surface area contributed by atoms with E-state index in [1.165, 1.54) is 18.2 Å². The molecule has 0 aromatic heterocycles. The van der Waals surface area contributed by atoms with E-state index in [1.54, 1.807) is 0 Å². The maximum atomic E-state index is 13.4. The van der Waals surface area contributed by atoms with Gasteiger partial charge in [0, 0.05) is 13.1 Å². The molecular weight excluding hydrogens is 387 g/mol. The number of piperidine rings is 1. The third-order valence-electron chi connectivity index (χ3n) is 5.32. The number of likely N-dealkylation sites (tertiary alicyclic amines) is 1. The van der Waals surface area contributed by atoms with Crippen molar-refractivity contribution in [3.63, 3.8) is 0 Å². The minimum absolute atomic E-state index is 0.0418. The fourth-order valence-corrected chi connectivity index (χ4v) is 5.12. The predicted octanol–water partition coefficient (Wildman–Crippen LogP) is 1.42. The minimum Gasteiger partial charge on any atom is -0.394 e. The maximum Gasteiger partial charge on any atom is 0.241 e. The second-order valence-electron chi connectivity index (χ2n) is 7.39. The number of sulfonamides is 1. The Balaban J connectivity index is 1.59. The Bertz CT molecular complexity index is 782. The summed E-state index contributed by atoms with van der Waals surface area (Å²) < 4.78 is 46.7. The van der Waals surface area contributed by atoms with E-state index >= 15 is 0 Å². The van der Waals surface area contributed by atoms with Crippen molar-refractivity contribution in [3.8, 4) is 0 Å². The molecule has 0 bridgehead atoms. The molecule has 0 saturated carbocycles. The number of carbonyl (C=O) groups excluding carboxylic acids is 1. The standard InChI is InChI=1S/C19H27FN2O5S/c20-14-5-4-6-16(11-14)28(25,26)21-17-8-7-15(27-18(17)13-23)12-19(24)22-9-2-1-3-10-22/h4-6,11,15,17-18,21,23H,1-3,7-10,12-13H2/t15-,17-,18+/m0/s1. The molecule has 9 heteroatoms.